The van der Waals surface area contributed by atoms with Crippen LogP contribution in [0.15, 0.2) is 48.8 Å². The zero-order chi connectivity index (χ0) is 26.3. The molecule has 0 bridgehead atoms. The monoisotopic (exact) mass is 501 g/mol. The number of nitrogens with one attached hydrogen (secondary N) is 2. The molecule has 0 radical (unpaired) electrons. The summed E-state index contributed by atoms with van der Waals surface area (Å²) in [5.74, 6) is -3.85. The Morgan fingerprint density at radius 2 is 1.31 bits per heavy atom. The summed E-state index contributed by atoms with van der Waals surface area (Å²) in [7, 11) is 0. The van der Waals surface area contributed by atoms with E-state index < -0.39 is 42.4 Å². The van der Waals surface area contributed by atoms with E-state index in [1.165, 1.54) is 0 Å². The highest BCUT2D eigenvalue weighted by molar-refractivity contribution is 5.86. The number of nitrogens with zero attached hydrogens (tertiary/aromatic N) is 3. The largest absolute Gasteiger partial charge is 0.481 e. The van der Waals surface area contributed by atoms with Gasteiger partial charge in [0.15, 0.2) is 0 Å². The Morgan fingerprint density at radius 1 is 0.778 bits per heavy atom. The van der Waals surface area contributed by atoms with Gasteiger partial charge in [-0.15, -0.1) is 0 Å². The fourth-order valence-corrected chi connectivity index (χ4v) is 3.48. The lowest BCUT2D eigenvalue weighted by molar-refractivity contribution is -0.140. The fraction of sp³-hybridized carbons (Fsp3) is 0.417. The molecule has 2 atom stereocenters. The third kappa shape index (κ3) is 10.9. The summed E-state index contributed by atoms with van der Waals surface area (Å²) in [5.41, 5.74) is 1.79. The summed E-state index contributed by atoms with van der Waals surface area (Å²) >= 11 is 0. The third-order valence-electron chi connectivity index (χ3n) is 5.29. The number of aromatic nitrogens is 2. The number of hydrogen-bond acceptors (Lipinski definition) is 7. The van der Waals surface area contributed by atoms with Crippen LogP contribution in [0.4, 0.5) is 4.79 Å². The van der Waals surface area contributed by atoms with Gasteiger partial charge in [0, 0.05) is 31.9 Å². The smallest absolute Gasteiger partial charge is 0.326 e. The van der Waals surface area contributed by atoms with Crippen molar-refractivity contribution >= 4 is 23.9 Å². The van der Waals surface area contributed by atoms with E-state index in [1.54, 1.807) is 12.4 Å². The molecule has 1 unspecified atom stereocenters. The quantitative estimate of drug-likeness (QED) is 0.212. The SMILES string of the molecule is O=C(O)CCC(NC(=O)N[C@@H](CCCCN(Cc1ccccn1)Cc1ccccn1)C(=O)O)C(=O)O. The molecule has 0 aromatic carbocycles. The van der Waals surface area contributed by atoms with Crippen LogP contribution in [0.3, 0.4) is 0 Å². The molecule has 2 rings (SSSR count). The average Bonchev–Trinajstić information content (AvgIpc) is 2.84. The maximum atomic E-state index is 12.1. The number of carboxylic acid groups (broad SMARTS) is 3. The number of pyridine rings is 2. The highest BCUT2D eigenvalue weighted by Gasteiger charge is 2.24. The summed E-state index contributed by atoms with van der Waals surface area (Å²) < 4.78 is 0. The van der Waals surface area contributed by atoms with Gasteiger partial charge in [0.1, 0.15) is 12.1 Å². The molecule has 0 saturated heterocycles. The fourth-order valence-electron chi connectivity index (χ4n) is 3.48. The first-order valence-electron chi connectivity index (χ1n) is 11.5. The molecule has 0 spiro atoms. The van der Waals surface area contributed by atoms with Gasteiger partial charge < -0.3 is 26.0 Å². The Bertz CT molecular complexity index is 949. The second-order valence-electron chi connectivity index (χ2n) is 8.18. The van der Waals surface area contributed by atoms with E-state index in [9.17, 15) is 24.3 Å². The van der Waals surface area contributed by atoms with Crippen molar-refractivity contribution in [3.8, 4) is 0 Å². The maximum Gasteiger partial charge on any atom is 0.326 e. The zero-order valence-corrected chi connectivity index (χ0v) is 19.7. The first-order chi connectivity index (χ1) is 17.2. The van der Waals surface area contributed by atoms with Gasteiger partial charge in [-0.3, -0.25) is 19.7 Å². The molecule has 36 heavy (non-hydrogen) atoms. The molecule has 2 amide bonds. The molecule has 0 aliphatic heterocycles. The van der Waals surface area contributed by atoms with Gasteiger partial charge in [-0.2, -0.15) is 0 Å². The van der Waals surface area contributed by atoms with Crippen LogP contribution >= 0.6 is 0 Å². The molecule has 0 aliphatic rings. The van der Waals surface area contributed by atoms with Gasteiger partial charge in [-0.05, 0) is 56.5 Å². The molecule has 12 heteroatoms. The molecule has 2 heterocycles. The van der Waals surface area contributed by atoms with Gasteiger partial charge >= 0.3 is 23.9 Å². The predicted octanol–water partition coefficient (Wildman–Crippen LogP) is 1.72. The molecule has 0 fully saturated rings. The van der Waals surface area contributed by atoms with E-state index in [0.29, 0.717) is 32.5 Å². The number of amides is 2. The van der Waals surface area contributed by atoms with E-state index in [1.807, 2.05) is 36.4 Å². The van der Waals surface area contributed by atoms with Crippen LogP contribution in [-0.4, -0.2) is 72.8 Å². The summed E-state index contributed by atoms with van der Waals surface area (Å²) in [5, 5.41) is 31.7. The number of unbranched alkanes of at least 4 members (excludes halogenated alkanes) is 1. The first-order valence-corrected chi connectivity index (χ1v) is 11.5. The Kier molecular flexibility index (Phi) is 11.8. The standard InChI is InChI=1S/C24H31N5O7/c30-21(31)11-10-20(23(34)35)28-24(36)27-19(22(32)33)9-3-6-14-29(15-17-7-1-4-12-25-17)16-18-8-2-5-13-26-18/h1-2,4-5,7-8,12-13,19-20H,3,6,9-11,14-16H2,(H,30,31)(H,32,33)(H,34,35)(H2,27,28,36)/t19-,20?/m0/s1. The van der Waals surface area contributed by atoms with Crippen molar-refractivity contribution < 1.29 is 34.5 Å². The Labute approximate surface area is 208 Å². The van der Waals surface area contributed by atoms with Crippen molar-refractivity contribution in [1.29, 1.82) is 0 Å². The second kappa shape index (κ2) is 15.0. The minimum absolute atomic E-state index is 0.136. The van der Waals surface area contributed by atoms with E-state index in [2.05, 4.69) is 25.5 Å². The van der Waals surface area contributed by atoms with E-state index >= 15 is 0 Å². The number of carbonyl (C=O) groups excluding carboxylic acids is 1. The van der Waals surface area contributed by atoms with E-state index in [-0.39, 0.29) is 12.8 Å². The van der Waals surface area contributed by atoms with Gasteiger partial charge in [-0.1, -0.05) is 12.1 Å². The van der Waals surface area contributed by atoms with Gasteiger partial charge in [-0.25, -0.2) is 14.4 Å². The molecule has 0 saturated carbocycles. The van der Waals surface area contributed by atoms with Crippen molar-refractivity contribution in [2.24, 2.45) is 0 Å². The Hall–Kier alpha value is -4.06. The summed E-state index contributed by atoms with van der Waals surface area (Å²) in [4.78, 5) is 56.5. The van der Waals surface area contributed by atoms with Crippen LogP contribution in [0.25, 0.3) is 0 Å². The van der Waals surface area contributed by atoms with Crippen LogP contribution < -0.4 is 10.6 Å². The Morgan fingerprint density at radius 3 is 1.75 bits per heavy atom. The summed E-state index contributed by atoms with van der Waals surface area (Å²) in [6.45, 7) is 1.82. The lowest BCUT2D eigenvalue weighted by Gasteiger charge is -2.22. The van der Waals surface area contributed by atoms with Crippen molar-refractivity contribution in [2.45, 2.75) is 57.3 Å². The second-order valence-corrected chi connectivity index (χ2v) is 8.18. The van der Waals surface area contributed by atoms with Gasteiger partial charge in [0.2, 0.25) is 0 Å². The van der Waals surface area contributed by atoms with Crippen molar-refractivity contribution in [3.05, 3.63) is 60.2 Å². The molecule has 0 aliphatic carbocycles. The lowest BCUT2D eigenvalue weighted by Crippen LogP contribution is -2.51. The van der Waals surface area contributed by atoms with Crippen LogP contribution in [-0.2, 0) is 27.5 Å². The average molecular weight is 502 g/mol. The zero-order valence-electron chi connectivity index (χ0n) is 19.7. The predicted molar refractivity (Wildman–Crippen MR) is 128 cm³/mol. The van der Waals surface area contributed by atoms with Crippen LogP contribution in [0.1, 0.15) is 43.5 Å². The molecule has 12 nitrogen and oxygen atoms in total. The lowest BCUT2D eigenvalue weighted by atomic mass is 10.1. The highest BCUT2D eigenvalue weighted by Crippen LogP contribution is 2.10. The van der Waals surface area contributed by atoms with Crippen molar-refractivity contribution in [1.82, 2.24) is 25.5 Å². The van der Waals surface area contributed by atoms with Crippen LogP contribution in [0.5, 0.6) is 0 Å². The van der Waals surface area contributed by atoms with E-state index in [0.717, 1.165) is 11.4 Å². The minimum atomic E-state index is -1.44. The molecule has 2 aromatic heterocycles. The minimum Gasteiger partial charge on any atom is -0.481 e. The van der Waals surface area contributed by atoms with E-state index in [4.69, 9.17) is 10.2 Å². The number of carbonyl (C=O) groups is 4. The molecular weight excluding hydrogens is 470 g/mol. The number of aliphatic carboxylic acids is 3. The Balaban J connectivity index is 1.87. The number of rotatable bonds is 16. The first kappa shape index (κ1) is 28.2. The molecular formula is C24H31N5O7. The summed E-state index contributed by atoms with van der Waals surface area (Å²) in [6, 6.07) is 7.70. The normalized spacial score (nSPS) is 12.5. The van der Waals surface area contributed by atoms with Crippen molar-refractivity contribution in [3.63, 3.8) is 0 Å². The summed E-state index contributed by atoms with van der Waals surface area (Å²) in [6.07, 6.45) is 3.93. The molecule has 194 valence electrons. The molecule has 2 aromatic rings. The number of urea groups is 1. The number of hydrogen-bond donors (Lipinski definition) is 5. The van der Waals surface area contributed by atoms with Gasteiger partial charge in [0.05, 0.1) is 11.4 Å². The topological polar surface area (TPSA) is 182 Å². The maximum absolute atomic E-state index is 12.1. The molecule has 5 N–H and O–H groups in total. The van der Waals surface area contributed by atoms with Crippen LogP contribution in [0, 0.1) is 0 Å². The van der Waals surface area contributed by atoms with Gasteiger partial charge in [0.25, 0.3) is 0 Å². The highest BCUT2D eigenvalue weighted by atomic mass is 16.4. The number of carboxylic acids is 3. The van der Waals surface area contributed by atoms with Crippen molar-refractivity contribution in [2.75, 3.05) is 6.54 Å². The van der Waals surface area contributed by atoms with Crippen LogP contribution in [0.2, 0.25) is 0 Å². The third-order valence-corrected chi connectivity index (χ3v) is 5.29.